The van der Waals surface area contributed by atoms with Gasteiger partial charge in [0.1, 0.15) is 6.54 Å². The van der Waals surface area contributed by atoms with Gasteiger partial charge in [-0.15, -0.1) is 0 Å². The molecule has 2 rings (SSSR count). The molecule has 18 heavy (non-hydrogen) atoms. The Morgan fingerprint density at radius 1 is 1.33 bits per heavy atom. The van der Waals surface area contributed by atoms with Gasteiger partial charge in [0.2, 0.25) is 0 Å². The zero-order valence-corrected chi connectivity index (χ0v) is 10.2. The van der Waals surface area contributed by atoms with Crippen molar-refractivity contribution in [3.05, 3.63) is 35.5 Å². The maximum atomic E-state index is 12.2. The molecule has 0 aliphatic rings. The van der Waals surface area contributed by atoms with Crippen LogP contribution < -0.4 is 0 Å². The Balaban J connectivity index is 2.44. The summed E-state index contributed by atoms with van der Waals surface area (Å²) < 4.78 is 0. The molecule has 0 saturated heterocycles. The van der Waals surface area contributed by atoms with Crippen molar-refractivity contribution >= 4 is 22.8 Å². The lowest BCUT2D eigenvalue weighted by Gasteiger charge is -2.14. The van der Waals surface area contributed by atoms with Crippen molar-refractivity contribution in [1.82, 2.24) is 9.88 Å². The first-order chi connectivity index (χ1) is 8.50. The Bertz CT molecular complexity index is 616. The molecule has 1 aromatic carbocycles. The third kappa shape index (κ3) is 2.07. The van der Waals surface area contributed by atoms with Crippen LogP contribution in [-0.2, 0) is 4.79 Å². The molecule has 0 atom stereocenters. The van der Waals surface area contributed by atoms with E-state index in [1.807, 2.05) is 31.2 Å². The van der Waals surface area contributed by atoms with Crippen LogP contribution in [0.3, 0.4) is 0 Å². The van der Waals surface area contributed by atoms with Gasteiger partial charge < -0.3 is 15.0 Å². The largest absolute Gasteiger partial charge is 0.480 e. The van der Waals surface area contributed by atoms with Crippen molar-refractivity contribution < 1.29 is 14.7 Å². The number of rotatable bonds is 3. The highest BCUT2D eigenvalue weighted by Gasteiger charge is 2.20. The number of aromatic nitrogens is 1. The highest BCUT2D eigenvalue weighted by atomic mass is 16.4. The minimum atomic E-state index is -1.02. The number of carbonyl (C=O) groups excluding carboxylic acids is 1. The molecule has 1 aromatic heterocycles. The second-order valence-corrected chi connectivity index (χ2v) is 4.23. The van der Waals surface area contributed by atoms with E-state index in [4.69, 9.17) is 5.11 Å². The Hall–Kier alpha value is -2.30. The first kappa shape index (κ1) is 12.2. The maximum absolute atomic E-state index is 12.2. The molecule has 0 saturated carbocycles. The Labute approximate surface area is 104 Å². The molecule has 1 amide bonds. The molecule has 5 nitrogen and oxygen atoms in total. The van der Waals surface area contributed by atoms with Crippen LogP contribution in [0.5, 0.6) is 0 Å². The Kier molecular flexibility index (Phi) is 3.06. The summed E-state index contributed by atoms with van der Waals surface area (Å²) in [6.45, 7) is 1.50. The first-order valence-corrected chi connectivity index (χ1v) is 5.55. The quantitative estimate of drug-likeness (QED) is 0.864. The summed E-state index contributed by atoms with van der Waals surface area (Å²) in [5, 5.41) is 9.53. The van der Waals surface area contributed by atoms with E-state index in [1.165, 1.54) is 11.9 Å². The molecular weight excluding hydrogens is 232 g/mol. The third-order valence-electron chi connectivity index (χ3n) is 2.83. The monoisotopic (exact) mass is 246 g/mol. The van der Waals surface area contributed by atoms with Gasteiger partial charge in [-0.05, 0) is 13.0 Å². The van der Waals surface area contributed by atoms with Crippen LogP contribution in [0.25, 0.3) is 10.9 Å². The van der Waals surface area contributed by atoms with E-state index in [-0.39, 0.29) is 12.5 Å². The van der Waals surface area contributed by atoms with Gasteiger partial charge in [-0.3, -0.25) is 9.59 Å². The molecule has 0 spiro atoms. The fraction of sp³-hybridized carbons (Fsp3) is 0.231. The van der Waals surface area contributed by atoms with E-state index in [9.17, 15) is 9.59 Å². The minimum absolute atomic E-state index is 0.285. The molecule has 0 unspecified atom stereocenters. The SMILES string of the molecule is Cc1[nH]c2ccccc2c1C(=O)N(C)CC(=O)O. The molecule has 0 bridgehead atoms. The van der Waals surface area contributed by atoms with Crippen LogP contribution in [0.2, 0.25) is 0 Å². The molecule has 2 N–H and O–H groups in total. The summed E-state index contributed by atoms with van der Waals surface area (Å²) in [6.07, 6.45) is 0. The molecule has 1 heterocycles. The second kappa shape index (κ2) is 4.52. The number of fused-ring (bicyclic) bond motifs is 1. The predicted octanol–water partition coefficient (Wildman–Crippen LogP) is 1.63. The van der Waals surface area contributed by atoms with E-state index in [1.54, 1.807) is 0 Å². The second-order valence-electron chi connectivity index (χ2n) is 4.23. The van der Waals surface area contributed by atoms with Gasteiger partial charge in [0, 0.05) is 23.6 Å². The summed E-state index contributed by atoms with van der Waals surface area (Å²) in [4.78, 5) is 27.2. The van der Waals surface area contributed by atoms with Gasteiger partial charge in [0.25, 0.3) is 5.91 Å². The van der Waals surface area contributed by atoms with Crippen LogP contribution >= 0.6 is 0 Å². The fourth-order valence-electron chi connectivity index (χ4n) is 2.02. The number of likely N-dealkylation sites (N-methyl/N-ethyl adjacent to an activating group) is 1. The lowest BCUT2D eigenvalue weighted by molar-refractivity contribution is -0.137. The predicted molar refractivity (Wildman–Crippen MR) is 67.6 cm³/mol. The van der Waals surface area contributed by atoms with Crippen LogP contribution in [0.15, 0.2) is 24.3 Å². The molecule has 2 aromatic rings. The number of carbonyl (C=O) groups is 2. The average Bonchev–Trinajstić information content (AvgIpc) is 2.63. The van der Waals surface area contributed by atoms with E-state index < -0.39 is 5.97 Å². The minimum Gasteiger partial charge on any atom is -0.480 e. The number of benzene rings is 1. The molecule has 94 valence electrons. The number of hydrogen-bond donors (Lipinski definition) is 2. The van der Waals surface area contributed by atoms with E-state index in [0.29, 0.717) is 5.56 Å². The Morgan fingerprint density at radius 2 is 2.00 bits per heavy atom. The number of aliphatic carboxylic acids is 1. The van der Waals surface area contributed by atoms with E-state index >= 15 is 0 Å². The normalized spacial score (nSPS) is 10.6. The molecule has 5 heteroatoms. The number of carboxylic acids is 1. The summed E-state index contributed by atoms with van der Waals surface area (Å²) in [7, 11) is 1.48. The van der Waals surface area contributed by atoms with Gasteiger partial charge in [-0.1, -0.05) is 18.2 Å². The zero-order chi connectivity index (χ0) is 13.3. The summed E-state index contributed by atoms with van der Waals surface area (Å²) in [6, 6.07) is 7.47. The van der Waals surface area contributed by atoms with Gasteiger partial charge in [0.15, 0.2) is 0 Å². The molecule has 0 aliphatic heterocycles. The smallest absolute Gasteiger partial charge is 0.323 e. The number of carboxylic acid groups (broad SMARTS) is 1. The average molecular weight is 246 g/mol. The third-order valence-corrected chi connectivity index (χ3v) is 2.83. The number of H-pyrrole nitrogens is 1. The number of aryl methyl sites for hydroxylation is 1. The highest BCUT2D eigenvalue weighted by molar-refractivity contribution is 6.08. The number of hydrogen-bond acceptors (Lipinski definition) is 2. The number of aromatic amines is 1. The standard InChI is InChI=1S/C13H14N2O3/c1-8-12(13(18)15(2)7-11(16)17)9-5-3-4-6-10(9)14-8/h3-6,14H,7H2,1-2H3,(H,16,17). The van der Waals surface area contributed by atoms with Crippen molar-refractivity contribution in [2.75, 3.05) is 13.6 Å². The van der Waals surface area contributed by atoms with Crippen LogP contribution in [0, 0.1) is 6.92 Å². The number of nitrogens with zero attached hydrogens (tertiary/aromatic N) is 1. The van der Waals surface area contributed by atoms with E-state index in [2.05, 4.69) is 4.98 Å². The van der Waals surface area contributed by atoms with Crippen molar-refractivity contribution in [2.45, 2.75) is 6.92 Å². The molecule has 0 radical (unpaired) electrons. The summed E-state index contributed by atoms with van der Waals surface area (Å²) >= 11 is 0. The number of nitrogens with one attached hydrogen (secondary N) is 1. The van der Waals surface area contributed by atoms with Crippen molar-refractivity contribution in [1.29, 1.82) is 0 Å². The van der Waals surface area contributed by atoms with Crippen molar-refractivity contribution in [2.24, 2.45) is 0 Å². The Morgan fingerprint density at radius 3 is 2.67 bits per heavy atom. The molecular formula is C13H14N2O3. The van der Waals surface area contributed by atoms with Crippen LogP contribution in [0.4, 0.5) is 0 Å². The topological polar surface area (TPSA) is 73.4 Å². The van der Waals surface area contributed by atoms with Crippen molar-refractivity contribution in [3.63, 3.8) is 0 Å². The lowest BCUT2D eigenvalue weighted by Crippen LogP contribution is -2.32. The maximum Gasteiger partial charge on any atom is 0.323 e. The summed E-state index contributed by atoms with van der Waals surface area (Å²) in [5.74, 6) is -1.31. The van der Waals surface area contributed by atoms with Crippen LogP contribution in [-0.4, -0.2) is 40.5 Å². The van der Waals surface area contributed by atoms with Gasteiger partial charge in [0.05, 0.1) is 5.56 Å². The van der Waals surface area contributed by atoms with Gasteiger partial charge in [-0.2, -0.15) is 0 Å². The van der Waals surface area contributed by atoms with Crippen molar-refractivity contribution in [3.8, 4) is 0 Å². The fourth-order valence-corrected chi connectivity index (χ4v) is 2.02. The molecule has 0 aliphatic carbocycles. The summed E-state index contributed by atoms with van der Waals surface area (Å²) in [5.41, 5.74) is 2.16. The van der Waals surface area contributed by atoms with Gasteiger partial charge in [-0.25, -0.2) is 0 Å². The lowest BCUT2D eigenvalue weighted by atomic mass is 10.1. The highest BCUT2D eigenvalue weighted by Crippen LogP contribution is 2.22. The number of amides is 1. The van der Waals surface area contributed by atoms with E-state index in [0.717, 1.165) is 16.6 Å². The first-order valence-electron chi connectivity index (χ1n) is 5.55. The zero-order valence-electron chi connectivity index (χ0n) is 10.2. The van der Waals surface area contributed by atoms with Gasteiger partial charge >= 0.3 is 5.97 Å². The number of para-hydroxylation sites is 1. The molecule has 0 fully saturated rings. The van der Waals surface area contributed by atoms with Crippen LogP contribution in [0.1, 0.15) is 16.1 Å².